The average molecular weight is 332 g/mol. The molecule has 0 aromatic carbocycles. The third kappa shape index (κ3) is 4.95. The van der Waals surface area contributed by atoms with Crippen LogP contribution in [0.15, 0.2) is 0 Å². The predicted molar refractivity (Wildman–Crippen MR) is 81.1 cm³/mol. The van der Waals surface area contributed by atoms with Gasteiger partial charge in [0, 0.05) is 25.7 Å². The van der Waals surface area contributed by atoms with Gasteiger partial charge in [-0.05, 0) is 26.2 Å². The molecule has 0 radical (unpaired) electrons. The van der Waals surface area contributed by atoms with Gasteiger partial charge in [-0.25, -0.2) is 8.42 Å². The zero-order valence-electron chi connectivity index (χ0n) is 13.0. The summed E-state index contributed by atoms with van der Waals surface area (Å²) in [5.41, 5.74) is 0. The highest BCUT2D eigenvalue weighted by Gasteiger charge is 2.26. The number of ether oxygens (including phenoxy) is 1. The van der Waals surface area contributed by atoms with Gasteiger partial charge in [0.25, 0.3) is 5.91 Å². The first-order chi connectivity index (χ1) is 10.4. The van der Waals surface area contributed by atoms with Crippen molar-refractivity contribution in [2.24, 2.45) is 0 Å². The number of likely N-dealkylation sites (tertiary alicyclic amines) is 1. The lowest BCUT2D eigenvalue weighted by Gasteiger charge is -2.33. The van der Waals surface area contributed by atoms with Crippen LogP contribution in [0.5, 0.6) is 0 Å². The largest absolute Gasteiger partial charge is 0.455 e. The summed E-state index contributed by atoms with van der Waals surface area (Å²) >= 11 is 0. The van der Waals surface area contributed by atoms with Crippen molar-refractivity contribution in [1.82, 2.24) is 9.80 Å². The zero-order valence-corrected chi connectivity index (χ0v) is 13.8. The van der Waals surface area contributed by atoms with Gasteiger partial charge < -0.3 is 9.64 Å². The molecule has 22 heavy (non-hydrogen) atoms. The number of hydrogen-bond donors (Lipinski definition) is 0. The summed E-state index contributed by atoms with van der Waals surface area (Å²) in [6, 6.07) is 0.201. The standard InChI is InChI=1S/C14H24N2O5S/c1-12-4-2-3-5-16(12)13(17)11-21-14(18)10-15-6-8-22(19,20)9-7-15/h12H,2-11H2,1H3. The summed E-state index contributed by atoms with van der Waals surface area (Å²) in [6.07, 6.45) is 3.11. The van der Waals surface area contributed by atoms with Crippen molar-refractivity contribution in [3.05, 3.63) is 0 Å². The van der Waals surface area contributed by atoms with Crippen LogP contribution in [0.1, 0.15) is 26.2 Å². The van der Waals surface area contributed by atoms with Gasteiger partial charge in [-0.1, -0.05) is 0 Å². The summed E-state index contributed by atoms with van der Waals surface area (Å²) in [6.45, 7) is 3.23. The maximum Gasteiger partial charge on any atom is 0.320 e. The highest BCUT2D eigenvalue weighted by molar-refractivity contribution is 7.91. The van der Waals surface area contributed by atoms with Crippen LogP contribution in [0, 0.1) is 0 Å². The Morgan fingerprint density at radius 3 is 2.45 bits per heavy atom. The Morgan fingerprint density at radius 2 is 1.82 bits per heavy atom. The fourth-order valence-corrected chi connectivity index (χ4v) is 4.11. The molecule has 1 atom stereocenters. The molecule has 0 spiro atoms. The summed E-state index contributed by atoms with van der Waals surface area (Å²) < 4.78 is 27.7. The van der Waals surface area contributed by atoms with Gasteiger partial charge in [0.05, 0.1) is 18.1 Å². The van der Waals surface area contributed by atoms with E-state index in [2.05, 4.69) is 0 Å². The van der Waals surface area contributed by atoms with Crippen molar-refractivity contribution in [2.45, 2.75) is 32.2 Å². The number of piperidine rings is 1. The number of esters is 1. The van der Waals surface area contributed by atoms with Gasteiger partial charge in [0.1, 0.15) is 0 Å². The van der Waals surface area contributed by atoms with E-state index in [1.165, 1.54) is 0 Å². The fourth-order valence-electron chi connectivity index (χ4n) is 2.83. The number of amides is 1. The Balaban J connectivity index is 1.70. The van der Waals surface area contributed by atoms with E-state index >= 15 is 0 Å². The maximum absolute atomic E-state index is 12.0. The lowest BCUT2D eigenvalue weighted by atomic mass is 10.0. The summed E-state index contributed by atoms with van der Waals surface area (Å²) in [7, 11) is -2.95. The minimum absolute atomic E-state index is 0.0400. The highest BCUT2D eigenvalue weighted by Crippen LogP contribution is 2.16. The molecule has 1 unspecified atom stereocenters. The average Bonchev–Trinajstić information content (AvgIpc) is 2.47. The van der Waals surface area contributed by atoms with Crippen molar-refractivity contribution in [3.8, 4) is 0 Å². The van der Waals surface area contributed by atoms with Crippen molar-refractivity contribution < 1.29 is 22.7 Å². The molecule has 0 aliphatic carbocycles. The smallest absolute Gasteiger partial charge is 0.320 e. The van der Waals surface area contributed by atoms with Gasteiger partial charge in [0.2, 0.25) is 0 Å². The molecule has 0 bridgehead atoms. The second-order valence-electron chi connectivity index (χ2n) is 6.02. The van der Waals surface area contributed by atoms with Gasteiger partial charge in [-0.2, -0.15) is 0 Å². The van der Waals surface area contributed by atoms with Gasteiger partial charge in [0.15, 0.2) is 16.4 Å². The van der Waals surface area contributed by atoms with Crippen molar-refractivity contribution in [3.63, 3.8) is 0 Å². The molecular formula is C14H24N2O5S. The van der Waals surface area contributed by atoms with E-state index in [4.69, 9.17) is 4.74 Å². The molecule has 2 heterocycles. The number of sulfone groups is 1. The molecule has 1 amide bonds. The number of rotatable bonds is 4. The van der Waals surface area contributed by atoms with E-state index in [0.29, 0.717) is 13.1 Å². The Kier molecular flexibility index (Phi) is 5.80. The van der Waals surface area contributed by atoms with Crippen LogP contribution >= 0.6 is 0 Å². The van der Waals surface area contributed by atoms with Crippen molar-refractivity contribution in [1.29, 1.82) is 0 Å². The van der Waals surface area contributed by atoms with Crippen LogP contribution in [0.2, 0.25) is 0 Å². The second kappa shape index (κ2) is 7.41. The minimum atomic E-state index is -2.95. The first-order valence-corrected chi connectivity index (χ1v) is 9.57. The first-order valence-electron chi connectivity index (χ1n) is 7.75. The molecule has 2 aliphatic heterocycles. The fraction of sp³-hybridized carbons (Fsp3) is 0.857. The first kappa shape index (κ1) is 17.2. The predicted octanol–water partition coefficient (Wildman–Crippen LogP) is -0.339. The minimum Gasteiger partial charge on any atom is -0.455 e. The normalized spacial score (nSPS) is 25.7. The van der Waals surface area contributed by atoms with E-state index in [0.717, 1.165) is 25.8 Å². The molecule has 2 fully saturated rings. The van der Waals surface area contributed by atoms with Crippen LogP contribution in [0.4, 0.5) is 0 Å². The van der Waals surface area contributed by atoms with E-state index in [1.54, 1.807) is 9.80 Å². The third-order valence-electron chi connectivity index (χ3n) is 4.27. The Labute approximate surface area is 131 Å². The van der Waals surface area contributed by atoms with Gasteiger partial charge in [-0.15, -0.1) is 0 Å². The quantitative estimate of drug-likeness (QED) is 0.655. The number of carbonyl (C=O) groups excluding carboxylic acids is 2. The molecule has 0 N–H and O–H groups in total. The highest BCUT2D eigenvalue weighted by atomic mass is 32.2. The molecule has 7 nitrogen and oxygen atoms in total. The molecular weight excluding hydrogens is 308 g/mol. The molecule has 8 heteroatoms. The van der Waals surface area contributed by atoms with Gasteiger partial charge in [-0.3, -0.25) is 14.5 Å². The molecule has 126 valence electrons. The van der Waals surface area contributed by atoms with Crippen molar-refractivity contribution >= 4 is 21.7 Å². The lowest BCUT2D eigenvalue weighted by Crippen LogP contribution is -2.45. The topological polar surface area (TPSA) is 84.0 Å². The summed E-state index contributed by atoms with van der Waals surface area (Å²) in [5.74, 6) is -0.478. The monoisotopic (exact) mass is 332 g/mol. The Bertz CT molecular complexity index is 505. The van der Waals surface area contributed by atoms with Crippen LogP contribution in [0.25, 0.3) is 0 Å². The molecule has 0 aromatic rings. The van der Waals surface area contributed by atoms with Gasteiger partial charge >= 0.3 is 5.97 Å². The van der Waals surface area contributed by atoms with Crippen molar-refractivity contribution in [2.75, 3.05) is 44.3 Å². The third-order valence-corrected chi connectivity index (χ3v) is 5.88. The number of hydrogen-bond acceptors (Lipinski definition) is 6. The lowest BCUT2D eigenvalue weighted by molar-refractivity contribution is -0.154. The van der Waals surface area contributed by atoms with Crippen LogP contribution in [-0.4, -0.2) is 80.4 Å². The molecule has 0 saturated carbocycles. The summed E-state index contributed by atoms with van der Waals surface area (Å²) in [4.78, 5) is 27.3. The van der Waals surface area contributed by atoms with E-state index in [1.807, 2.05) is 6.92 Å². The second-order valence-corrected chi connectivity index (χ2v) is 8.32. The van der Waals surface area contributed by atoms with Crippen LogP contribution < -0.4 is 0 Å². The maximum atomic E-state index is 12.0. The Hall–Kier alpha value is -1.15. The Morgan fingerprint density at radius 1 is 1.14 bits per heavy atom. The summed E-state index contributed by atoms with van der Waals surface area (Å²) in [5, 5.41) is 0. The molecule has 2 saturated heterocycles. The zero-order chi connectivity index (χ0) is 16.2. The number of carbonyl (C=O) groups is 2. The molecule has 2 aliphatic rings. The van der Waals surface area contributed by atoms with Crippen LogP contribution in [0.3, 0.4) is 0 Å². The SMILES string of the molecule is CC1CCCCN1C(=O)COC(=O)CN1CCS(=O)(=O)CC1. The van der Waals surface area contributed by atoms with E-state index in [9.17, 15) is 18.0 Å². The molecule has 0 aromatic heterocycles. The number of nitrogens with zero attached hydrogens (tertiary/aromatic N) is 2. The van der Waals surface area contributed by atoms with E-state index in [-0.39, 0.29) is 36.6 Å². The van der Waals surface area contributed by atoms with Crippen LogP contribution in [-0.2, 0) is 24.2 Å². The molecule has 2 rings (SSSR count). The van der Waals surface area contributed by atoms with E-state index < -0.39 is 15.8 Å².